The van der Waals surface area contributed by atoms with Gasteiger partial charge in [0, 0.05) is 5.03 Å². The molecule has 0 amide bonds. The van der Waals surface area contributed by atoms with Gasteiger partial charge in [0.05, 0.1) is 0 Å². The summed E-state index contributed by atoms with van der Waals surface area (Å²) in [6.07, 6.45) is 4.86. The van der Waals surface area contributed by atoms with Gasteiger partial charge in [-0.1, -0.05) is 47.0 Å². The van der Waals surface area contributed by atoms with Crippen LogP contribution in [0.3, 0.4) is 0 Å². The molecule has 0 aromatic heterocycles. The summed E-state index contributed by atoms with van der Waals surface area (Å²) >= 11 is 30.0. The van der Waals surface area contributed by atoms with Crippen LogP contribution in [0.5, 0.6) is 0 Å². The first-order chi connectivity index (χ1) is 5.33. The Morgan fingerprint density at radius 3 is 1.75 bits per heavy atom. The number of rotatable bonds is 0. The lowest BCUT2D eigenvalue weighted by Crippen LogP contribution is -2.42. The normalized spacial score (nSPS) is 48.2. The zero-order valence-corrected chi connectivity index (χ0v) is 9.40. The highest BCUT2D eigenvalue weighted by Gasteiger charge is 2.68. The summed E-state index contributed by atoms with van der Waals surface area (Å²) in [7, 11) is 0. The van der Waals surface area contributed by atoms with E-state index in [4.69, 9.17) is 58.0 Å². The van der Waals surface area contributed by atoms with Gasteiger partial charge in [-0.3, -0.25) is 0 Å². The molecule has 0 heterocycles. The molecule has 0 aromatic carbocycles. The Morgan fingerprint density at radius 1 is 1.00 bits per heavy atom. The molecule has 0 spiro atoms. The van der Waals surface area contributed by atoms with Crippen LogP contribution in [0, 0.1) is 0 Å². The van der Waals surface area contributed by atoms with E-state index in [1.807, 2.05) is 0 Å². The van der Waals surface area contributed by atoms with Crippen LogP contribution in [-0.4, -0.2) is 14.1 Å². The van der Waals surface area contributed by atoms with E-state index < -0.39 is 14.1 Å². The third-order valence-corrected chi connectivity index (χ3v) is 5.42. The molecule has 0 nitrogen and oxygen atoms in total. The number of hydrogen-bond acceptors (Lipinski definition) is 0. The lowest BCUT2D eigenvalue weighted by atomic mass is 10.1. The molecule has 2 bridgehead atoms. The minimum atomic E-state index is -1.29. The summed E-state index contributed by atoms with van der Waals surface area (Å²) in [5.74, 6) is 0. The maximum absolute atomic E-state index is 6.09. The number of allylic oxidation sites excluding steroid dienone is 4. The first-order valence-corrected chi connectivity index (χ1v) is 5.07. The molecule has 0 radical (unpaired) electrons. The third-order valence-electron chi connectivity index (χ3n) is 2.18. The van der Waals surface area contributed by atoms with Crippen molar-refractivity contribution in [1.29, 1.82) is 0 Å². The second-order valence-corrected chi connectivity index (χ2v) is 5.84. The van der Waals surface area contributed by atoms with Gasteiger partial charge in [0.2, 0.25) is 0 Å². The molecule has 0 saturated heterocycles. The van der Waals surface area contributed by atoms with E-state index in [0.717, 1.165) is 0 Å². The van der Waals surface area contributed by atoms with Gasteiger partial charge in [0.15, 0.2) is 4.33 Å². The summed E-state index contributed by atoms with van der Waals surface area (Å²) in [5, 5.41) is 0.381. The fourth-order valence-corrected chi connectivity index (χ4v) is 3.12. The van der Waals surface area contributed by atoms with E-state index in [1.165, 1.54) is 0 Å². The van der Waals surface area contributed by atoms with E-state index in [0.29, 0.717) is 5.03 Å². The van der Waals surface area contributed by atoms with Gasteiger partial charge in [0.25, 0.3) is 0 Å². The Balaban J connectivity index is 2.64. The average molecular weight is 264 g/mol. The molecular weight excluding hydrogens is 261 g/mol. The summed E-state index contributed by atoms with van der Waals surface area (Å²) < 4.78 is -1.29. The van der Waals surface area contributed by atoms with E-state index >= 15 is 0 Å². The molecule has 66 valence electrons. The van der Waals surface area contributed by atoms with E-state index in [9.17, 15) is 0 Å². The van der Waals surface area contributed by atoms with Gasteiger partial charge in [0.1, 0.15) is 9.75 Å². The lowest BCUT2D eigenvalue weighted by Gasteiger charge is -2.30. The monoisotopic (exact) mass is 262 g/mol. The quantitative estimate of drug-likeness (QED) is 0.461. The van der Waals surface area contributed by atoms with Crippen molar-refractivity contribution in [2.75, 3.05) is 0 Å². The van der Waals surface area contributed by atoms with Crippen LogP contribution < -0.4 is 0 Å². The highest BCUT2D eigenvalue weighted by atomic mass is 35.5. The Kier molecular flexibility index (Phi) is 1.81. The fraction of sp³-hybridized carbons (Fsp3) is 0.429. The van der Waals surface area contributed by atoms with E-state index in [2.05, 4.69) is 0 Å². The van der Waals surface area contributed by atoms with Crippen LogP contribution in [0.2, 0.25) is 0 Å². The van der Waals surface area contributed by atoms with Crippen molar-refractivity contribution in [3.8, 4) is 0 Å². The maximum Gasteiger partial charge on any atom is 0.171 e. The van der Waals surface area contributed by atoms with Crippen LogP contribution in [0.15, 0.2) is 23.3 Å². The molecule has 0 aliphatic heterocycles. The van der Waals surface area contributed by atoms with Crippen LogP contribution in [0.25, 0.3) is 0 Å². The Morgan fingerprint density at radius 2 is 1.58 bits per heavy atom. The second kappa shape index (κ2) is 2.29. The second-order valence-electron chi connectivity index (χ2n) is 2.88. The first kappa shape index (κ1) is 9.48. The standard InChI is InChI=1S/C7H3Cl5/c8-4-3-5(9)1-2-6(4,10)7(5,11)12/h1-3H. The van der Waals surface area contributed by atoms with Crippen molar-refractivity contribution in [2.45, 2.75) is 14.1 Å². The lowest BCUT2D eigenvalue weighted by molar-refractivity contribution is 0.722. The zero-order chi connectivity index (χ0) is 9.20. The largest absolute Gasteiger partial charge is 0.171 e. The molecule has 0 fully saturated rings. The smallest absolute Gasteiger partial charge is 0.107 e. The fourth-order valence-electron chi connectivity index (χ4n) is 1.38. The van der Waals surface area contributed by atoms with Crippen molar-refractivity contribution < 1.29 is 0 Å². The highest BCUT2D eigenvalue weighted by Crippen LogP contribution is 2.65. The Bertz CT molecular complexity index is 305. The third kappa shape index (κ3) is 0.790. The molecule has 2 aliphatic carbocycles. The maximum atomic E-state index is 6.09. The molecule has 2 rings (SSSR count). The Labute approximate surface area is 95.1 Å². The summed E-state index contributed by atoms with van der Waals surface area (Å²) in [4.78, 5) is -2.02. The van der Waals surface area contributed by atoms with Gasteiger partial charge < -0.3 is 0 Å². The molecule has 2 aliphatic rings. The van der Waals surface area contributed by atoms with Gasteiger partial charge in [-0.2, -0.15) is 0 Å². The molecule has 12 heavy (non-hydrogen) atoms. The van der Waals surface area contributed by atoms with Gasteiger partial charge in [-0.05, 0) is 6.08 Å². The van der Waals surface area contributed by atoms with Crippen LogP contribution in [0.4, 0.5) is 0 Å². The predicted molar refractivity (Wildman–Crippen MR) is 54.7 cm³/mol. The zero-order valence-electron chi connectivity index (χ0n) is 5.62. The molecule has 5 heteroatoms. The minimum absolute atomic E-state index is 0.381. The predicted octanol–water partition coefficient (Wildman–Crippen LogP) is 3.82. The van der Waals surface area contributed by atoms with Gasteiger partial charge in [-0.15, -0.1) is 23.2 Å². The van der Waals surface area contributed by atoms with Crippen molar-refractivity contribution in [3.63, 3.8) is 0 Å². The summed E-state index contributed by atoms with van der Waals surface area (Å²) in [5.41, 5.74) is 0. The summed E-state index contributed by atoms with van der Waals surface area (Å²) in [6.45, 7) is 0. The van der Waals surface area contributed by atoms with Crippen LogP contribution in [0.1, 0.15) is 0 Å². The number of hydrogen-bond donors (Lipinski definition) is 0. The van der Waals surface area contributed by atoms with Crippen molar-refractivity contribution >= 4 is 58.0 Å². The highest BCUT2D eigenvalue weighted by molar-refractivity contribution is 6.63. The molecule has 0 aromatic rings. The van der Waals surface area contributed by atoms with Crippen molar-refractivity contribution in [2.24, 2.45) is 0 Å². The van der Waals surface area contributed by atoms with E-state index in [-0.39, 0.29) is 0 Å². The van der Waals surface area contributed by atoms with Crippen molar-refractivity contribution in [3.05, 3.63) is 23.3 Å². The molecule has 0 saturated carbocycles. The topological polar surface area (TPSA) is 0 Å². The minimum Gasteiger partial charge on any atom is -0.107 e. The molecule has 2 unspecified atom stereocenters. The molecule has 2 atom stereocenters. The average Bonchev–Trinajstić information content (AvgIpc) is 2.18. The molecular formula is C7H3Cl5. The van der Waals surface area contributed by atoms with Gasteiger partial charge >= 0.3 is 0 Å². The van der Waals surface area contributed by atoms with Crippen LogP contribution in [-0.2, 0) is 0 Å². The first-order valence-electron chi connectivity index (χ1n) is 3.18. The van der Waals surface area contributed by atoms with E-state index in [1.54, 1.807) is 18.2 Å². The molecule has 0 N–H and O–H groups in total. The Hall–Kier alpha value is 0.930. The SMILES string of the molecule is ClC1=CC2(Cl)C=CC1(Cl)C2(Cl)Cl. The van der Waals surface area contributed by atoms with Crippen molar-refractivity contribution in [1.82, 2.24) is 0 Å². The van der Waals surface area contributed by atoms with Gasteiger partial charge in [-0.25, -0.2) is 0 Å². The summed E-state index contributed by atoms with van der Waals surface area (Å²) in [6, 6.07) is 0. The number of alkyl halides is 4. The number of halogens is 5. The number of fused-ring (bicyclic) bond motifs is 2. The van der Waals surface area contributed by atoms with Crippen LogP contribution >= 0.6 is 58.0 Å².